The maximum atomic E-state index is 12.9. The summed E-state index contributed by atoms with van der Waals surface area (Å²) in [6, 6.07) is 0.106. The maximum Gasteiger partial charge on any atom is 0.246 e. The van der Waals surface area contributed by atoms with E-state index >= 15 is 0 Å². The van der Waals surface area contributed by atoms with Gasteiger partial charge in [0.05, 0.1) is 11.4 Å². The molecule has 1 aromatic rings. The first-order valence-electron chi connectivity index (χ1n) is 9.60. The molecule has 0 radical (unpaired) electrons. The third-order valence-corrected chi connectivity index (χ3v) is 8.25. The molecule has 0 aromatic carbocycles. The number of halogens is 1. The van der Waals surface area contributed by atoms with Gasteiger partial charge in [0.15, 0.2) is 0 Å². The summed E-state index contributed by atoms with van der Waals surface area (Å²) in [5, 5.41) is 6.74. The third kappa shape index (κ3) is 4.22. The van der Waals surface area contributed by atoms with Crippen molar-refractivity contribution in [1.29, 1.82) is 0 Å². The van der Waals surface area contributed by atoms with Gasteiger partial charge in [0.1, 0.15) is 4.90 Å². The number of hydrogen-bond acceptors (Lipinski definition) is 5. The lowest BCUT2D eigenvalue weighted by Crippen LogP contribution is -2.55. The van der Waals surface area contributed by atoms with Gasteiger partial charge in [0.25, 0.3) is 0 Å². The lowest BCUT2D eigenvalue weighted by molar-refractivity contribution is -0.140. The van der Waals surface area contributed by atoms with E-state index in [-0.39, 0.29) is 40.6 Å². The first-order chi connectivity index (χ1) is 12.5. The highest BCUT2D eigenvalue weighted by Gasteiger charge is 2.39. The van der Waals surface area contributed by atoms with Gasteiger partial charge in [-0.15, -0.1) is 12.4 Å². The highest BCUT2D eigenvalue weighted by atomic mass is 35.5. The van der Waals surface area contributed by atoms with Gasteiger partial charge < -0.3 is 10.6 Å². The molecule has 0 bridgehead atoms. The summed E-state index contributed by atoms with van der Waals surface area (Å²) in [6.07, 6.45) is 1.92. The Kier molecular flexibility index (Phi) is 6.85. The molecule has 8 nitrogen and oxygen atoms in total. The number of nitrogens with zero attached hydrogens (tertiary/aromatic N) is 3. The zero-order valence-corrected chi connectivity index (χ0v) is 18.7. The first-order valence-corrected chi connectivity index (χ1v) is 11.0. The summed E-state index contributed by atoms with van der Waals surface area (Å²) < 4.78 is 27.4. The highest BCUT2D eigenvalue weighted by Crippen LogP contribution is 2.31. The van der Waals surface area contributed by atoms with Crippen LogP contribution in [0.2, 0.25) is 0 Å². The van der Waals surface area contributed by atoms with Crippen LogP contribution in [0.5, 0.6) is 0 Å². The average molecular weight is 434 g/mol. The van der Waals surface area contributed by atoms with Gasteiger partial charge in [-0.25, -0.2) is 8.42 Å². The summed E-state index contributed by atoms with van der Waals surface area (Å²) in [5.41, 5.74) is 7.12. The van der Waals surface area contributed by atoms with Crippen LogP contribution in [0.25, 0.3) is 0 Å². The van der Waals surface area contributed by atoms with E-state index in [1.807, 2.05) is 4.90 Å². The molecule has 3 heterocycles. The molecule has 2 saturated heterocycles. The Morgan fingerprint density at radius 2 is 1.79 bits per heavy atom. The van der Waals surface area contributed by atoms with Crippen molar-refractivity contribution in [3.63, 3.8) is 0 Å². The molecule has 2 aliphatic rings. The molecule has 10 heteroatoms. The lowest BCUT2D eigenvalue weighted by atomic mass is 9.79. The van der Waals surface area contributed by atoms with Gasteiger partial charge >= 0.3 is 0 Å². The number of carbonyl (C=O) groups is 1. The van der Waals surface area contributed by atoms with Crippen LogP contribution in [0.15, 0.2) is 4.90 Å². The Balaban J connectivity index is 0.00000280. The van der Waals surface area contributed by atoms with Crippen molar-refractivity contribution in [2.75, 3.05) is 26.2 Å². The second-order valence-electron chi connectivity index (χ2n) is 8.59. The number of aromatic nitrogens is 2. The predicted molar refractivity (Wildman–Crippen MR) is 110 cm³/mol. The minimum Gasteiger partial charge on any atom is -0.342 e. The van der Waals surface area contributed by atoms with Crippen molar-refractivity contribution >= 4 is 28.3 Å². The van der Waals surface area contributed by atoms with Gasteiger partial charge in [0.2, 0.25) is 15.9 Å². The van der Waals surface area contributed by atoms with Gasteiger partial charge in [-0.1, -0.05) is 13.8 Å². The van der Waals surface area contributed by atoms with Crippen LogP contribution in [0.4, 0.5) is 0 Å². The van der Waals surface area contributed by atoms with Crippen molar-refractivity contribution in [2.45, 2.75) is 57.9 Å². The molecule has 1 atom stereocenters. The van der Waals surface area contributed by atoms with Crippen LogP contribution in [-0.2, 0) is 14.8 Å². The monoisotopic (exact) mass is 433 g/mol. The summed E-state index contributed by atoms with van der Waals surface area (Å²) in [4.78, 5) is 15.1. The van der Waals surface area contributed by atoms with E-state index in [2.05, 4.69) is 24.0 Å². The zero-order chi connectivity index (χ0) is 20.0. The number of aryl methyl sites for hydroxylation is 2. The maximum absolute atomic E-state index is 12.9. The smallest absolute Gasteiger partial charge is 0.246 e. The minimum atomic E-state index is -3.58. The number of carbonyl (C=O) groups excluding carboxylic acids is 1. The van der Waals surface area contributed by atoms with E-state index in [0.717, 1.165) is 6.42 Å². The van der Waals surface area contributed by atoms with Crippen molar-refractivity contribution in [1.82, 2.24) is 19.4 Å². The molecule has 3 N–H and O–H groups in total. The number of hydrogen-bond donors (Lipinski definition) is 2. The van der Waals surface area contributed by atoms with E-state index in [1.165, 1.54) is 4.31 Å². The molecular formula is C18H32ClN5O3S. The largest absolute Gasteiger partial charge is 0.342 e. The number of aromatic amines is 1. The molecule has 28 heavy (non-hydrogen) atoms. The number of rotatable bonds is 3. The molecule has 1 amide bonds. The molecule has 3 rings (SSSR count). The van der Waals surface area contributed by atoms with E-state index in [4.69, 9.17) is 5.73 Å². The molecule has 0 aliphatic carbocycles. The number of H-pyrrole nitrogens is 1. The number of nitrogens with two attached hydrogens (primary N) is 1. The molecule has 1 unspecified atom stereocenters. The number of likely N-dealkylation sites (tertiary alicyclic amines) is 1. The van der Waals surface area contributed by atoms with E-state index in [9.17, 15) is 13.2 Å². The Morgan fingerprint density at radius 1 is 1.18 bits per heavy atom. The second-order valence-corrected chi connectivity index (χ2v) is 10.5. The quantitative estimate of drug-likeness (QED) is 0.748. The molecule has 2 aliphatic heterocycles. The fourth-order valence-corrected chi connectivity index (χ4v) is 6.01. The van der Waals surface area contributed by atoms with Crippen LogP contribution in [0.3, 0.4) is 0 Å². The Labute approximate surface area is 173 Å². The van der Waals surface area contributed by atoms with Gasteiger partial charge in [-0.3, -0.25) is 9.89 Å². The Bertz CT molecular complexity index is 796. The number of amides is 1. The fourth-order valence-electron chi connectivity index (χ4n) is 4.21. The second kappa shape index (κ2) is 8.30. The van der Waals surface area contributed by atoms with Crippen molar-refractivity contribution < 1.29 is 13.2 Å². The number of nitrogens with one attached hydrogen (secondary N) is 1. The SMILES string of the molecule is Cc1n[nH]c(C)c1S(=O)(=O)N1CCC(C(=O)N2CCC(N)C(C)(C)C2)CC1.Cl. The van der Waals surface area contributed by atoms with E-state index < -0.39 is 10.0 Å². The van der Waals surface area contributed by atoms with Crippen molar-refractivity contribution in [2.24, 2.45) is 17.1 Å². The van der Waals surface area contributed by atoms with Gasteiger partial charge in [-0.2, -0.15) is 9.40 Å². The standard InChI is InChI=1S/C18H31N5O3S.ClH/c1-12-16(13(2)21-20-12)27(25,26)23-9-5-14(6-10-23)17(24)22-8-7-15(19)18(3,4)11-22;/h14-15H,5-11,19H2,1-4H3,(H,20,21);1H. The first kappa shape index (κ1) is 23.1. The third-order valence-electron chi connectivity index (χ3n) is 6.09. The predicted octanol–water partition coefficient (Wildman–Crippen LogP) is 1.43. The van der Waals surface area contributed by atoms with E-state index in [1.54, 1.807) is 13.8 Å². The molecule has 1 aromatic heterocycles. The van der Waals surface area contributed by atoms with Crippen molar-refractivity contribution in [3.05, 3.63) is 11.4 Å². The topological polar surface area (TPSA) is 112 Å². The van der Waals surface area contributed by atoms with Crippen LogP contribution >= 0.6 is 12.4 Å². The molecule has 2 fully saturated rings. The number of piperidine rings is 2. The lowest BCUT2D eigenvalue weighted by Gasteiger charge is -2.44. The summed E-state index contributed by atoms with van der Waals surface area (Å²) in [5.74, 6) is 0.0239. The molecular weight excluding hydrogens is 402 g/mol. The zero-order valence-electron chi connectivity index (χ0n) is 17.1. The molecule has 160 valence electrons. The van der Waals surface area contributed by atoms with Crippen molar-refractivity contribution in [3.8, 4) is 0 Å². The van der Waals surface area contributed by atoms with Gasteiger partial charge in [-0.05, 0) is 38.5 Å². The van der Waals surface area contributed by atoms with Crippen LogP contribution in [0.1, 0.15) is 44.5 Å². The Morgan fingerprint density at radius 3 is 2.29 bits per heavy atom. The molecule has 0 saturated carbocycles. The Hall–Kier alpha value is -1.16. The fraction of sp³-hybridized carbons (Fsp3) is 0.778. The summed E-state index contributed by atoms with van der Waals surface area (Å²) >= 11 is 0. The number of sulfonamides is 1. The van der Waals surface area contributed by atoms with Crippen LogP contribution in [-0.4, -0.2) is 65.9 Å². The summed E-state index contributed by atoms with van der Waals surface area (Å²) in [7, 11) is -3.58. The highest BCUT2D eigenvalue weighted by molar-refractivity contribution is 7.89. The average Bonchev–Trinajstić information content (AvgIpc) is 2.96. The normalized spacial score (nSPS) is 24.0. The van der Waals surface area contributed by atoms with Crippen LogP contribution in [0, 0.1) is 25.2 Å². The minimum absolute atomic E-state index is 0. The van der Waals surface area contributed by atoms with Gasteiger partial charge in [0, 0.05) is 38.1 Å². The van der Waals surface area contributed by atoms with E-state index in [0.29, 0.717) is 50.4 Å². The molecule has 0 spiro atoms. The van der Waals surface area contributed by atoms with Crippen LogP contribution < -0.4 is 5.73 Å². The summed E-state index contributed by atoms with van der Waals surface area (Å²) in [6.45, 7) is 9.68.